The molecule has 21 heavy (non-hydrogen) atoms. The molecule has 0 aliphatic carbocycles. The average molecular weight is 312 g/mol. The van der Waals surface area contributed by atoms with E-state index in [2.05, 4.69) is 11.6 Å². The molecule has 0 spiro atoms. The monoisotopic (exact) mass is 312 g/mol. The number of anilines is 1. The largest absolute Gasteiger partial charge is 0.398 e. The predicted octanol–water partition coefficient (Wildman–Crippen LogP) is 3.44. The zero-order valence-corrected chi connectivity index (χ0v) is 14.6. The number of hydrogen-bond acceptors (Lipinski definition) is 3. The minimum absolute atomic E-state index is 0.0668. The van der Waals surface area contributed by atoms with Gasteiger partial charge in [-0.05, 0) is 50.8 Å². The van der Waals surface area contributed by atoms with E-state index in [0.29, 0.717) is 16.1 Å². The zero-order valence-electron chi connectivity index (χ0n) is 13.8. The summed E-state index contributed by atoms with van der Waals surface area (Å²) in [5.74, 6) is 0. The lowest BCUT2D eigenvalue weighted by Gasteiger charge is -2.18. The van der Waals surface area contributed by atoms with Crippen molar-refractivity contribution in [3.8, 4) is 0 Å². The van der Waals surface area contributed by atoms with Crippen molar-refractivity contribution in [3.63, 3.8) is 0 Å². The number of nitrogens with two attached hydrogens (primary N) is 1. The Bertz CT molecular complexity index is 595. The van der Waals surface area contributed by atoms with Crippen molar-refractivity contribution in [2.45, 2.75) is 71.2 Å². The summed E-state index contributed by atoms with van der Waals surface area (Å²) in [6.45, 7) is 9.53. The summed E-state index contributed by atoms with van der Waals surface area (Å²) >= 11 is 0. The number of rotatable bonds is 7. The van der Waals surface area contributed by atoms with E-state index in [1.165, 1.54) is 0 Å². The van der Waals surface area contributed by atoms with Crippen LogP contribution in [0.25, 0.3) is 0 Å². The van der Waals surface area contributed by atoms with Crippen molar-refractivity contribution in [1.29, 1.82) is 0 Å². The molecule has 0 saturated heterocycles. The Kier molecular flexibility index (Phi) is 6.23. The highest BCUT2D eigenvalue weighted by atomic mass is 32.2. The molecule has 0 heterocycles. The number of nitrogen functional groups attached to an aromatic ring is 1. The Balaban J connectivity index is 3.01. The standard InChI is InChI=1S/C16H28N2O2S/c1-6-7-8-9-13(4)18-21(19,20)16-12(3)10-11(2)15(17)14(16)5/h10,13,18H,6-9,17H2,1-5H3. The summed E-state index contributed by atoms with van der Waals surface area (Å²) in [4.78, 5) is 0.327. The fourth-order valence-electron chi connectivity index (χ4n) is 2.68. The van der Waals surface area contributed by atoms with E-state index in [-0.39, 0.29) is 6.04 Å². The van der Waals surface area contributed by atoms with Crippen LogP contribution in [0.1, 0.15) is 56.2 Å². The Labute approximate surface area is 129 Å². The smallest absolute Gasteiger partial charge is 0.241 e. The fraction of sp³-hybridized carbons (Fsp3) is 0.625. The molecule has 1 aromatic rings. The molecule has 1 unspecified atom stereocenters. The van der Waals surface area contributed by atoms with E-state index < -0.39 is 10.0 Å². The van der Waals surface area contributed by atoms with Gasteiger partial charge in [-0.25, -0.2) is 13.1 Å². The van der Waals surface area contributed by atoms with Crippen molar-refractivity contribution >= 4 is 15.7 Å². The number of aryl methyl sites for hydroxylation is 2. The molecule has 0 fully saturated rings. The van der Waals surface area contributed by atoms with Crippen LogP contribution < -0.4 is 10.5 Å². The highest BCUT2D eigenvalue weighted by molar-refractivity contribution is 7.89. The van der Waals surface area contributed by atoms with Crippen LogP contribution in [0.3, 0.4) is 0 Å². The first kappa shape index (κ1) is 18.0. The van der Waals surface area contributed by atoms with Crippen molar-refractivity contribution in [1.82, 2.24) is 4.72 Å². The maximum Gasteiger partial charge on any atom is 0.241 e. The summed E-state index contributed by atoms with van der Waals surface area (Å²) in [5, 5.41) is 0. The van der Waals surface area contributed by atoms with Crippen molar-refractivity contribution in [3.05, 3.63) is 22.8 Å². The molecule has 0 saturated carbocycles. The van der Waals surface area contributed by atoms with Gasteiger partial charge < -0.3 is 5.73 Å². The number of benzene rings is 1. The van der Waals surface area contributed by atoms with Gasteiger partial charge in [0.25, 0.3) is 0 Å². The molecular weight excluding hydrogens is 284 g/mol. The first-order valence-electron chi connectivity index (χ1n) is 7.59. The third kappa shape index (κ3) is 4.45. The maximum atomic E-state index is 12.6. The van der Waals surface area contributed by atoms with Gasteiger partial charge in [-0.2, -0.15) is 0 Å². The Morgan fingerprint density at radius 3 is 2.38 bits per heavy atom. The summed E-state index contributed by atoms with van der Waals surface area (Å²) in [6, 6.07) is 1.77. The molecule has 1 atom stereocenters. The molecule has 0 aliphatic heterocycles. The van der Waals surface area contributed by atoms with Crippen LogP contribution in [0.15, 0.2) is 11.0 Å². The lowest BCUT2D eigenvalue weighted by atomic mass is 10.1. The van der Waals surface area contributed by atoms with Gasteiger partial charge in [-0.1, -0.05) is 32.3 Å². The highest BCUT2D eigenvalue weighted by Gasteiger charge is 2.23. The van der Waals surface area contributed by atoms with Crippen LogP contribution in [0, 0.1) is 20.8 Å². The van der Waals surface area contributed by atoms with Gasteiger partial charge in [-0.3, -0.25) is 0 Å². The second-order valence-electron chi connectivity index (χ2n) is 5.90. The number of hydrogen-bond donors (Lipinski definition) is 2. The maximum absolute atomic E-state index is 12.6. The molecule has 0 amide bonds. The molecule has 1 aromatic carbocycles. The molecule has 1 rings (SSSR count). The Hall–Kier alpha value is -1.07. The molecular formula is C16H28N2O2S. The molecule has 120 valence electrons. The first-order chi connectivity index (χ1) is 9.70. The third-order valence-corrected chi connectivity index (χ3v) is 5.70. The summed E-state index contributed by atoms with van der Waals surface area (Å²) in [5.41, 5.74) is 8.84. The quantitative estimate of drug-likeness (QED) is 0.598. The second-order valence-corrected chi connectivity index (χ2v) is 7.55. The first-order valence-corrected chi connectivity index (χ1v) is 9.07. The van der Waals surface area contributed by atoms with Crippen LogP contribution in [-0.4, -0.2) is 14.5 Å². The van der Waals surface area contributed by atoms with E-state index in [1.807, 2.05) is 26.8 Å². The normalized spacial score (nSPS) is 13.4. The van der Waals surface area contributed by atoms with Crippen LogP contribution in [-0.2, 0) is 10.0 Å². The van der Waals surface area contributed by atoms with E-state index in [0.717, 1.165) is 36.8 Å². The summed E-state index contributed by atoms with van der Waals surface area (Å²) < 4.78 is 28.0. The topological polar surface area (TPSA) is 72.2 Å². The van der Waals surface area contributed by atoms with Crippen LogP contribution >= 0.6 is 0 Å². The van der Waals surface area contributed by atoms with Crippen LogP contribution in [0.4, 0.5) is 5.69 Å². The summed E-state index contributed by atoms with van der Waals surface area (Å²) in [7, 11) is -3.53. The van der Waals surface area contributed by atoms with E-state index >= 15 is 0 Å². The molecule has 5 heteroatoms. The van der Waals surface area contributed by atoms with Gasteiger partial charge in [0.2, 0.25) is 10.0 Å². The van der Waals surface area contributed by atoms with Gasteiger partial charge in [0.05, 0.1) is 4.90 Å². The molecule has 0 bridgehead atoms. The molecule has 0 aromatic heterocycles. The van der Waals surface area contributed by atoms with Gasteiger partial charge in [0.15, 0.2) is 0 Å². The van der Waals surface area contributed by atoms with Crippen molar-refractivity contribution in [2.75, 3.05) is 5.73 Å². The minimum atomic E-state index is -3.53. The zero-order chi connectivity index (χ0) is 16.2. The Morgan fingerprint density at radius 2 is 1.81 bits per heavy atom. The minimum Gasteiger partial charge on any atom is -0.398 e. The second kappa shape index (κ2) is 7.27. The number of unbranched alkanes of at least 4 members (excludes halogenated alkanes) is 2. The van der Waals surface area contributed by atoms with Gasteiger partial charge in [-0.15, -0.1) is 0 Å². The number of nitrogens with one attached hydrogen (secondary N) is 1. The predicted molar refractivity (Wildman–Crippen MR) is 89.0 cm³/mol. The molecule has 3 N–H and O–H groups in total. The van der Waals surface area contributed by atoms with Crippen LogP contribution in [0.5, 0.6) is 0 Å². The Morgan fingerprint density at radius 1 is 1.19 bits per heavy atom. The summed E-state index contributed by atoms with van der Waals surface area (Å²) in [6.07, 6.45) is 4.15. The van der Waals surface area contributed by atoms with Gasteiger partial charge >= 0.3 is 0 Å². The van der Waals surface area contributed by atoms with Gasteiger partial charge in [0, 0.05) is 11.7 Å². The third-order valence-electron chi connectivity index (χ3n) is 3.83. The molecule has 0 aliphatic rings. The fourth-order valence-corrected chi connectivity index (χ4v) is 4.44. The van der Waals surface area contributed by atoms with Crippen molar-refractivity contribution < 1.29 is 8.42 Å². The van der Waals surface area contributed by atoms with Gasteiger partial charge in [0.1, 0.15) is 0 Å². The SMILES string of the molecule is CCCCCC(C)NS(=O)(=O)c1c(C)cc(C)c(N)c1C. The van der Waals surface area contributed by atoms with E-state index in [1.54, 1.807) is 6.92 Å². The average Bonchev–Trinajstić information content (AvgIpc) is 2.35. The van der Waals surface area contributed by atoms with E-state index in [9.17, 15) is 8.42 Å². The van der Waals surface area contributed by atoms with Crippen LogP contribution in [0.2, 0.25) is 0 Å². The molecule has 4 nitrogen and oxygen atoms in total. The lowest BCUT2D eigenvalue weighted by Crippen LogP contribution is -2.33. The lowest BCUT2D eigenvalue weighted by molar-refractivity contribution is 0.526. The van der Waals surface area contributed by atoms with Crippen molar-refractivity contribution in [2.24, 2.45) is 0 Å². The highest BCUT2D eigenvalue weighted by Crippen LogP contribution is 2.28. The molecule has 0 radical (unpaired) electrons. The van der Waals surface area contributed by atoms with E-state index in [4.69, 9.17) is 5.73 Å². The number of sulfonamides is 1.